The summed E-state index contributed by atoms with van der Waals surface area (Å²) in [5, 5.41) is 17.1. The number of carbonyl (C=O) groups is 1. The molecule has 1 atom stereocenters. The molecule has 0 aliphatic carbocycles. The quantitative estimate of drug-likeness (QED) is 0.806. The Balaban J connectivity index is 1.87. The number of aromatic nitrogens is 2. The van der Waals surface area contributed by atoms with Crippen molar-refractivity contribution in [2.24, 2.45) is 0 Å². The number of aliphatic hydroxyl groups is 1. The lowest BCUT2D eigenvalue weighted by molar-refractivity contribution is -0.114. The average molecular weight is 382 g/mol. The Labute approximate surface area is 143 Å². The molecule has 1 aromatic carbocycles. The molecule has 1 amide bonds. The smallest absolute Gasteiger partial charge is 0.221 e. The lowest BCUT2D eigenvalue weighted by Crippen LogP contribution is -2.24. The molecule has 2 N–H and O–H groups in total. The third-order valence-corrected chi connectivity index (χ3v) is 4.44. The SMILES string of the molecule is CC(=O)Nc1ccc(OC[C@@H](O)Cn2nc(C)c(Br)c2C)cc1. The third-order valence-electron chi connectivity index (χ3n) is 3.29. The van der Waals surface area contributed by atoms with E-state index >= 15 is 0 Å². The van der Waals surface area contributed by atoms with Crippen LogP contribution in [0.25, 0.3) is 0 Å². The van der Waals surface area contributed by atoms with Crippen molar-refractivity contribution in [3.63, 3.8) is 0 Å². The van der Waals surface area contributed by atoms with Gasteiger partial charge in [0.25, 0.3) is 0 Å². The Morgan fingerprint density at radius 1 is 1.39 bits per heavy atom. The van der Waals surface area contributed by atoms with Crippen molar-refractivity contribution in [3.8, 4) is 5.75 Å². The molecule has 0 saturated heterocycles. The minimum Gasteiger partial charge on any atom is -0.491 e. The molecule has 0 bridgehead atoms. The first-order chi connectivity index (χ1) is 10.9. The summed E-state index contributed by atoms with van der Waals surface area (Å²) in [6.45, 7) is 5.83. The summed E-state index contributed by atoms with van der Waals surface area (Å²) in [7, 11) is 0. The predicted octanol–water partition coefficient (Wildman–Crippen LogP) is 2.66. The molecule has 0 saturated carbocycles. The van der Waals surface area contributed by atoms with Gasteiger partial charge in [0.05, 0.1) is 16.7 Å². The maximum Gasteiger partial charge on any atom is 0.221 e. The number of nitrogens with one attached hydrogen (secondary N) is 1. The highest BCUT2D eigenvalue weighted by molar-refractivity contribution is 9.10. The van der Waals surface area contributed by atoms with Gasteiger partial charge in [0.15, 0.2) is 0 Å². The maximum absolute atomic E-state index is 11.0. The Morgan fingerprint density at radius 3 is 2.57 bits per heavy atom. The van der Waals surface area contributed by atoms with E-state index in [1.54, 1.807) is 28.9 Å². The van der Waals surface area contributed by atoms with E-state index in [-0.39, 0.29) is 12.5 Å². The zero-order chi connectivity index (χ0) is 17.0. The first-order valence-electron chi connectivity index (χ1n) is 7.25. The van der Waals surface area contributed by atoms with E-state index < -0.39 is 6.10 Å². The van der Waals surface area contributed by atoms with Gasteiger partial charge in [0.1, 0.15) is 18.5 Å². The molecule has 6 nitrogen and oxygen atoms in total. The summed E-state index contributed by atoms with van der Waals surface area (Å²) in [4.78, 5) is 11.0. The molecule has 0 aliphatic rings. The molecule has 23 heavy (non-hydrogen) atoms. The normalized spacial score (nSPS) is 12.0. The van der Waals surface area contributed by atoms with Gasteiger partial charge < -0.3 is 15.2 Å². The van der Waals surface area contributed by atoms with Gasteiger partial charge >= 0.3 is 0 Å². The van der Waals surface area contributed by atoms with E-state index in [0.29, 0.717) is 18.0 Å². The summed E-state index contributed by atoms with van der Waals surface area (Å²) >= 11 is 3.46. The molecule has 0 fully saturated rings. The molecule has 0 spiro atoms. The second-order valence-corrected chi connectivity index (χ2v) is 6.13. The molecule has 1 aromatic heterocycles. The zero-order valence-electron chi connectivity index (χ0n) is 13.3. The van der Waals surface area contributed by atoms with Crippen LogP contribution < -0.4 is 10.1 Å². The van der Waals surface area contributed by atoms with Crippen LogP contribution in [0.3, 0.4) is 0 Å². The standard InChI is InChI=1S/C16H20BrN3O3/c1-10-16(17)11(2)20(19-10)8-14(22)9-23-15-6-4-13(5-7-15)18-12(3)21/h4-7,14,22H,8-9H2,1-3H3,(H,18,21)/t14-/m0/s1. The maximum atomic E-state index is 11.0. The van der Waals surface area contributed by atoms with Gasteiger partial charge in [-0.15, -0.1) is 0 Å². The van der Waals surface area contributed by atoms with Gasteiger partial charge in [-0.3, -0.25) is 9.48 Å². The number of amides is 1. The molecule has 0 unspecified atom stereocenters. The van der Waals surface area contributed by atoms with Crippen LogP contribution in [-0.4, -0.2) is 33.5 Å². The Morgan fingerprint density at radius 2 is 2.04 bits per heavy atom. The summed E-state index contributed by atoms with van der Waals surface area (Å²) in [6, 6.07) is 7.00. The van der Waals surface area contributed by atoms with Crippen molar-refractivity contribution >= 4 is 27.5 Å². The first-order valence-corrected chi connectivity index (χ1v) is 8.04. The monoisotopic (exact) mass is 381 g/mol. The fourth-order valence-electron chi connectivity index (χ4n) is 2.14. The Hall–Kier alpha value is -1.86. The second kappa shape index (κ2) is 7.61. The zero-order valence-corrected chi connectivity index (χ0v) is 14.9. The van der Waals surface area contributed by atoms with Crippen LogP contribution >= 0.6 is 15.9 Å². The number of hydrogen-bond donors (Lipinski definition) is 2. The van der Waals surface area contributed by atoms with Gasteiger partial charge in [0.2, 0.25) is 5.91 Å². The van der Waals surface area contributed by atoms with Crippen LogP contribution in [0.1, 0.15) is 18.3 Å². The van der Waals surface area contributed by atoms with Gasteiger partial charge in [-0.05, 0) is 54.0 Å². The van der Waals surface area contributed by atoms with Crippen molar-refractivity contribution in [3.05, 3.63) is 40.1 Å². The van der Waals surface area contributed by atoms with E-state index in [9.17, 15) is 9.90 Å². The minimum atomic E-state index is -0.671. The summed E-state index contributed by atoms with van der Waals surface area (Å²) < 4.78 is 8.28. The van der Waals surface area contributed by atoms with E-state index in [0.717, 1.165) is 15.9 Å². The fraction of sp³-hybridized carbons (Fsp3) is 0.375. The Bertz CT molecular complexity index is 683. The fourth-order valence-corrected chi connectivity index (χ4v) is 2.42. The minimum absolute atomic E-state index is 0.120. The highest BCUT2D eigenvalue weighted by Crippen LogP contribution is 2.20. The summed E-state index contributed by atoms with van der Waals surface area (Å²) in [6.07, 6.45) is -0.671. The largest absolute Gasteiger partial charge is 0.491 e. The number of carbonyl (C=O) groups excluding carboxylic acids is 1. The highest BCUT2D eigenvalue weighted by Gasteiger charge is 2.13. The number of aliphatic hydroxyl groups excluding tert-OH is 1. The molecule has 2 aromatic rings. The van der Waals surface area contributed by atoms with Crippen LogP contribution in [0.4, 0.5) is 5.69 Å². The van der Waals surface area contributed by atoms with E-state index in [2.05, 4.69) is 26.3 Å². The van der Waals surface area contributed by atoms with Gasteiger partial charge in [-0.2, -0.15) is 5.10 Å². The molecule has 0 aliphatic heterocycles. The number of nitrogens with zero attached hydrogens (tertiary/aromatic N) is 2. The van der Waals surface area contributed by atoms with E-state index in [1.807, 2.05) is 13.8 Å². The number of rotatable bonds is 6. The topological polar surface area (TPSA) is 76.4 Å². The number of halogens is 1. The summed E-state index contributed by atoms with van der Waals surface area (Å²) in [5.41, 5.74) is 2.57. The van der Waals surface area contributed by atoms with Crippen LogP contribution in [0.15, 0.2) is 28.7 Å². The lowest BCUT2D eigenvalue weighted by Gasteiger charge is -2.14. The number of anilines is 1. The van der Waals surface area contributed by atoms with Gasteiger partial charge in [0, 0.05) is 18.3 Å². The average Bonchev–Trinajstić information content (AvgIpc) is 2.73. The van der Waals surface area contributed by atoms with Gasteiger partial charge in [-0.1, -0.05) is 0 Å². The Kier molecular flexibility index (Phi) is 5.79. The van der Waals surface area contributed by atoms with Crippen molar-refractivity contribution in [1.82, 2.24) is 9.78 Å². The van der Waals surface area contributed by atoms with Crippen molar-refractivity contribution in [2.45, 2.75) is 33.4 Å². The first kappa shape index (κ1) is 17.5. The molecular formula is C16H20BrN3O3. The number of hydrogen-bond acceptors (Lipinski definition) is 4. The summed E-state index contributed by atoms with van der Waals surface area (Å²) in [5.74, 6) is 0.512. The lowest BCUT2D eigenvalue weighted by atomic mass is 10.3. The molecular weight excluding hydrogens is 362 g/mol. The van der Waals surface area contributed by atoms with E-state index in [4.69, 9.17) is 4.74 Å². The number of ether oxygens (including phenoxy) is 1. The number of aryl methyl sites for hydroxylation is 1. The van der Waals surface area contributed by atoms with Crippen LogP contribution in [0, 0.1) is 13.8 Å². The second-order valence-electron chi connectivity index (χ2n) is 5.34. The van der Waals surface area contributed by atoms with Crippen LogP contribution in [0.5, 0.6) is 5.75 Å². The molecule has 7 heteroatoms. The number of benzene rings is 1. The van der Waals surface area contributed by atoms with Crippen molar-refractivity contribution in [2.75, 3.05) is 11.9 Å². The van der Waals surface area contributed by atoms with Crippen molar-refractivity contribution < 1.29 is 14.6 Å². The molecule has 0 radical (unpaired) electrons. The van der Waals surface area contributed by atoms with Gasteiger partial charge in [-0.25, -0.2) is 0 Å². The predicted molar refractivity (Wildman–Crippen MR) is 91.6 cm³/mol. The van der Waals surface area contributed by atoms with Crippen LogP contribution in [-0.2, 0) is 11.3 Å². The van der Waals surface area contributed by atoms with Crippen LogP contribution in [0.2, 0.25) is 0 Å². The third kappa shape index (κ3) is 4.80. The van der Waals surface area contributed by atoms with E-state index in [1.165, 1.54) is 6.92 Å². The highest BCUT2D eigenvalue weighted by atomic mass is 79.9. The molecule has 124 valence electrons. The van der Waals surface area contributed by atoms with Crippen molar-refractivity contribution in [1.29, 1.82) is 0 Å². The molecule has 1 heterocycles. The molecule has 2 rings (SSSR count).